The van der Waals surface area contributed by atoms with Crippen LogP contribution in [0.1, 0.15) is 10.4 Å². The number of carbonyl (C=O) groups is 1. The number of rotatable bonds is 7. The molecule has 0 spiro atoms. The minimum absolute atomic E-state index is 0.113. The topological polar surface area (TPSA) is 133 Å². The molecule has 0 saturated heterocycles. The van der Waals surface area contributed by atoms with Gasteiger partial charge in [-0.25, -0.2) is 17.9 Å². The summed E-state index contributed by atoms with van der Waals surface area (Å²) in [5.74, 6) is -1.80. The Balaban J connectivity index is 3.44. The zero-order valence-corrected chi connectivity index (χ0v) is 12.5. The maximum absolute atomic E-state index is 12.2. The first-order valence-corrected chi connectivity index (χ1v) is 7.47. The average Bonchev–Trinajstić information content (AvgIpc) is 2.43. The van der Waals surface area contributed by atoms with Crippen LogP contribution in [-0.2, 0) is 10.0 Å². The molecule has 0 amide bonds. The summed E-state index contributed by atoms with van der Waals surface area (Å²) >= 11 is 5.72. The summed E-state index contributed by atoms with van der Waals surface area (Å²) in [6.45, 7) is -1.27. The minimum Gasteiger partial charge on any atom is -0.494 e. The fourth-order valence-electron chi connectivity index (χ4n) is 1.55. The molecule has 1 aromatic rings. The van der Waals surface area contributed by atoms with Crippen LogP contribution < -0.4 is 9.46 Å². The van der Waals surface area contributed by atoms with Gasteiger partial charge in [-0.1, -0.05) is 11.6 Å². The smallest absolute Gasteiger partial charge is 0.339 e. The number of nitrogens with one attached hydrogen (secondary N) is 1. The van der Waals surface area contributed by atoms with Crippen molar-refractivity contribution in [2.45, 2.75) is 10.9 Å². The van der Waals surface area contributed by atoms with E-state index in [-0.39, 0.29) is 5.02 Å². The van der Waals surface area contributed by atoms with Gasteiger partial charge in [0.15, 0.2) is 5.75 Å². The summed E-state index contributed by atoms with van der Waals surface area (Å²) in [5.41, 5.74) is -0.421. The molecule has 0 bridgehead atoms. The summed E-state index contributed by atoms with van der Waals surface area (Å²) in [6, 6.07) is 0.935. The molecule has 10 heteroatoms. The van der Waals surface area contributed by atoms with Gasteiger partial charge in [-0.2, -0.15) is 0 Å². The number of hydrogen-bond donors (Lipinski definition) is 4. The predicted octanol–water partition coefficient (Wildman–Crippen LogP) is -0.322. The highest BCUT2D eigenvalue weighted by molar-refractivity contribution is 7.89. The molecule has 0 radical (unpaired) electrons. The Labute approximate surface area is 126 Å². The number of carboxylic acid groups (broad SMARTS) is 1. The van der Waals surface area contributed by atoms with Gasteiger partial charge in [0.1, 0.15) is 10.5 Å². The lowest BCUT2D eigenvalue weighted by molar-refractivity contribution is 0.0692. The summed E-state index contributed by atoms with van der Waals surface area (Å²) in [4.78, 5) is 10.6. The molecule has 1 rings (SSSR count). The number of ether oxygens (including phenoxy) is 1. The third-order valence-corrected chi connectivity index (χ3v) is 4.25. The monoisotopic (exact) mass is 339 g/mol. The van der Waals surface area contributed by atoms with E-state index < -0.39 is 51.5 Å². The Kier molecular flexibility index (Phi) is 5.93. The number of halogens is 1. The van der Waals surface area contributed by atoms with Crippen LogP contribution in [0.2, 0.25) is 5.02 Å². The SMILES string of the molecule is COc1c(C(=O)O)cc(Cl)cc1S(=O)(=O)NC(CO)CO. The zero-order chi connectivity index (χ0) is 16.2. The largest absolute Gasteiger partial charge is 0.494 e. The van der Waals surface area contributed by atoms with Gasteiger partial charge in [0, 0.05) is 5.02 Å². The van der Waals surface area contributed by atoms with E-state index in [0.29, 0.717) is 0 Å². The van der Waals surface area contributed by atoms with Crippen LogP contribution in [-0.4, -0.2) is 56.1 Å². The van der Waals surface area contributed by atoms with Crippen molar-refractivity contribution in [1.29, 1.82) is 0 Å². The van der Waals surface area contributed by atoms with Crippen molar-refractivity contribution in [2.75, 3.05) is 20.3 Å². The summed E-state index contributed by atoms with van der Waals surface area (Å²) < 4.78 is 31.3. The first-order valence-electron chi connectivity index (χ1n) is 5.61. The molecular formula is C11H14ClNO7S. The number of aromatic carboxylic acids is 1. The van der Waals surface area contributed by atoms with E-state index in [4.69, 9.17) is 31.7 Å². The van der Waals surface area contributed by atoms with Crippen LogP contribution in [0, 0.1) is 0 Å². The van der Waals surface area contributed by atoms with Crippen molar-refractivity contribution in [2.24, 2.45) is 0 Å². The van der Waals surface area contributed by atoms with E-state index in [2.05, 4.69) is 0 Å². The standard InChI is InChI=1S/C11H14ClNO7S/c1-20-10-8(11(16)17)2-6(12)3-9(10)21(18,19)13-7(4-14)5-15/h2-3,7,13-15H,4-5H2,1H3,(H,16,17). The molecule has 0 aromatic heterocycles. The van der Waals surface area contributed by atoms with E-state index in [1.165, 1.54) is 0 Å². The van der Waals surface area contributed by atoms with Gasteiger partial charge in [-0.05, 0) is 12.1 Å². The number of aliphatic hydroxyl groups is 2. The predicted molar refractivity (Wildman–Crippen MR) is 73.2 cm³/mol. The number of hydrogen-bond acceptors (Lipinski definition) is 6. The van der Waals surface area contributed by atoms with E-state index in [9.17, 15) is 13.2 Å². The number of benzene rings is 1. The number of carboxylic acids is 1. The lowest BCUT2D eigenvalue weighted by Gasteiger charge is -2.17. The molecule has 0 unspecified atom stereocenters. The molecule has 8 nitrogen and oxygen atoms in total. The molecular weight excluding hydrogens is 326 g/mol. The van der Waals surface area contributed by atoms with Crippen molar-refractivity contribution in [3.05, 3.63) is 22.7 Å². The van der Waals surface area contributed by atoms with Crippen LogP contribution in [0.5, 0.6) is 5.75 Å². The molecule has 0 atom stereocenters. The molecule has 0 saturated carbocycles. The minimum atomic E-state index is -4.25. The molecule has 0 heterocycles. The fraction of sp³-hybridized carbons (Fsp3) is 0.364. The van der Waals surface area contributed by atoms with Crippen LogP contribution >= 0.6 is 11.6 Å². The van der Waals surface area contributed by atoms with Crippen molar-refractivity contribution in [3.8, 4) is 5.75 Å². The first-order chi connectivity index (χ1) is 9.76. The second-order valence-electron chi connectivity index (χ2n) is 3.97. The van der Waals surface area contributed by atoms with Gasteiger partial charge < -0.3 is 20.1 Å². The molecule has 0 aliphatic heterocycles. The van der Waals surface area contributed by atoms with Crippen molar-refractivity contribution in [3.63, 3.8) is 0 Å². The van der Waals surface area contributed by atoms with Crippen molar-refractivity contribution < 1.29 is 33.3 Å². The van der Waals surface area contributed by atoms with Gasteiger partial charge in [0.2, 0.25) is 10.0 Å². The van der Waals surface area contributed by atoms with E-state index >= 15 is 0 Å². The fourth-order valence-corrected chi connectivity index (χ4v) is 3.27. The van der Waals surface area contributed by atoms with E-state index in [0.717, 1.165) is 19.2 Å². The second kappa shape index (κ2) is 7.05. The number of aliphatic hydroxyl groups excluding tert-OH is 2. The van der Waals surface area contributed by atoms with Crippen LogP contribution in [0.4, 0.5) is 0 Å². The van der Waals surface area contributed by atoms with Gasteiger partial charge in [-0.15, -0.1) is 0 Å². The van der Waals surface area contributed by atoms with E-state index in [1.807, 2.05) is 4.72 Å². The second-order valence-corrected chi connectivity index (χ2v) is 6.09. The Morgan fingerprint density at radius 3 is 2.38 bits per heavy atom. The summed E-state index contributed by atoms with van der Waals surface area (Å²) in [5, 5.41) is 26.8. The Morgan fingerprint density at radius 1 is 1.38 bits per heavy atom. The molecule has 21 heavy (non-hydrogen) atoms. The van der Waals surface area contributed by atoms with Gasteiger partial charge >= 0.3 is 5.97 Å². The van der Waals surface area contributed by atoms with Gasteiger partial charge in [-0.3, -0.25) is 0 Å². The highest BCUT2D eigenvalue weighted by atomic mass is 35.5. The average molecular weight is 340 g/mol. The van der Waals surface area contributed by atoms with Crippen LogP contribution in [0.3, 0.4) is 0 Å². The zero-order valence-electron chi connectivity index (χ0n) is 10.9. The normalized spacial score (nSPS) is 11.7. The third-order valence-electron chi connectivity index (χ3n) is 2.51. The maximum Gasteiger partial charge on any atom is 0.339 e. The molecule has 4 N–H and O–H groups in total. The molecule has 0 aliphatic carbocycles. The Bertz CT molecular complexity index is 628. The number of sulfonamides is 1. The molecule has 118 valence electrons. The summed E-state index contributed by atoms with van der Waals surface area (Å²) in [7, 11) is -3.13. The highest BCUT2D eigenvalue weighted by Gasteiger charge is 2.27. The number of methoxy groups -OCH3 is 1. The molecule has 0 aliphatic rings. The van der Waals surface area contributed by atoms with Crippen LogP contribution in [0.15, 0.2) is 17.0 Å². The molecule has 1 aromatic carbocycles. The first kappa shape index (κ1) is 17.7. The lowest BCUT2D eigenvalue weighted by Crippen LogP contribution is -2.40. The molecule has 0 fully saturated rings. The summed E-state index contributed by atoms with van der Waals surface area (Å²) in [6.07, 6.45) is 0. The third kappa shape index (κ3) is 4.05. The Hall–Kier alpha value is -1.39. The highest BCUT2D eigenvalue weighted by Crippen LogP contribution is 2.31. The van der Waals surface area contributed by atoms with Crippen LogP contribution in [0.25, 0.3) is 0 Å². The quantitative estimate of drug-likeness (QED) is 0.535. The van der Waals surface area contributed by atoms with E-state index in [1.54, 1.807) is 0 Å². The lowest BCUT2D eigenvalue weighted by atomic mass is 10.2. The Morgan fingerprint density at radius 2 is 1.95 bits per heavy atom. The van der Waals surface area contributed by atoms with Crippen molar-refractivity contribution >= 4 is 27.6 Å². The maximum atomic E-state index is 12.2. The van der Waals surface area contributed by atoms with Crippen molar-refractivity contribution in [1.82, 2.24) is 4.72 Å². The van der Waals surface area contributed by atoms with Gasteiger partial charge in [0.05, 0.1) is 26.4 Å². The van der Waals surface area contributed by atoms with Gasteiger partial charge in [0.25, 0.3) is 0 Å².